The zero-order chi connectivity index (χ0) is 12.8. The number of ether oxygens (including phenoxy) is 1. The average molecular weight is 248 g/mol. The number of rotatable bonds is 2. The van der Waals surface area contributed by atoms with Gasteiger partial charge in [0.05, 0.1) is 17.9 Å². The second-order valence-electron chi connectivity index (χ2n) is 5.83. The predicted molar refractivity (Wildman–Crippen MR) is 66.8 cm³/mol. The molecule has 0 heterocycles. The monoisotopic (exact) mass is 248 g/mol. The van der Waals surface area contributed by atoms with Gasteiger partial charge in [-0.15, -0.1) is 0 Å². The van der Waals surface area contributed by atoms with Gasteiger partial charge in [-0.2, -0.15) is 0 Å². The van der Waals surface area contributed by atoms with Gasteiger partial charge >= 0.3 is 5.97 Å². The second-order valence-corrected chi connectivity index (χ2v) is 5.83. The van der Waals surface area contributed by atoms with Gasteiger partial charge in [-0.1, -0.05) is 18.1 Å². The highest BCUT2D eigenvalue weighted by atomic mass is 16.5. The number of carbonyl (C=O) groups excluding carboxylic acids is 2. The third-order valence-electron chi connectivity index (χ3n) is 4.96. The molecule has 0 saturated heterocycles. The van der Waals surface area contributed by atoms with Crippen molar-refractivity contribution in [1.82, 2.24) is 0 Å². The molecule has 2 saturated carbocycles. The second kappa shape index (κ2) is 4.22. The van der Waals surface area contributed by atoms with Crippen LogP contribution in [0.15, 0.2) is 11.6 Å². The minimum absolute atomic E-state index is 0.0792. The third-order valence-corrected chi connectivity index (χ3v) is 4.96. The molecular weight excluding hydrogens is 228 g/mol. The lowest BCUT2D eigenvalue weighted by atomic mass is 9.52. The number of esters is 1. The van der Waals surface area contributed by atoms with Crippen LogP contribution in [0.25, 0.3) is 0 Å². The van der Waals surface area contributed by atoms with E-state index in [1.807, 2.05) is 6.92 Å². The lowest BCUT2D eigenvalue weighted by Crippen LogP contribution is -2.50. The maximum absolute atomic E-state index is 12.3. The van der Waals surface area contributed by atoms with E-state index in [4.69, 9.17) is 4.74 Å². The van der Waals surface area contributed by atoms with Gasteiger partial charge < -0.3 is 4.74 Å². The molecule has 3 atom stereocenters. The Morgan fingerprint density at radius 2 is 2.33 bits per heavy atom. The van der Waals surface area contributed by atoms with Gasteiger partial charge in [0.25, 0.3) is 0 Å². The summed E-state index contributed by atoms with van der Waals surface area (Å²) >= 11 is 0. The summed E-state index contributed by atoms with van der Waals surface area (Å²) in [5.74, 6) is 0.302. The molecule has 4 rings (SSSR count). The van der Waals surface area contributed by atoms with Crippen molar-refractivity contribution in [2.24, 2.45) is 17.3 Å². The first-order chi connectivity index (χ1) is 8.67. The van der Waals surface area contributed by atoms with Crippen molar-refractivity contribution in [1.29, 1.82) is 0 Å². The number of allylic oxidation sites excluding steroid dienone is 2. The molecule has 3 heteroatoms. The molecule has 18 heavy (non-hydrogen) atoms. The van der Waals surface area contributed by atoms with E-state index in [0.29, 0.717) is 25.2 Å². The normalized spacial score (nSPS) is 38.1. The molecular formula is C15H20O3. The number of hydrogen-bond acceptors (Lipinski definition) is 3. The van der Waals surface area contributed by atoms with E-state index in [1.54, 1.807) is 0 Å². The van der Waals surface area contributed by atoms with Crippen molar-refractivity contribution in [3.05, 3.63) is 11.6 Å². The third kappa shape index (κ3) is 1.56. The number of fused-ring (bicyclic) bond motifs is 2. The summed E-state index contributed by atoms with van der Waals surface area (Å²) in [6.07, 6.45) is 7.79. The van der Waals surface area contributed by atoms with Crippen molar-refractivity contribution >= 4 is 11.8 Å². The average Bonchev–Trinajstić information content (AvgIpc) is 2.38. The van der Waals surface area contributed by atoms with Gasteiger partial charge in [-0.25, -0.2) is 0 Å². The fraction of sp³-hybridized carbons (Fsp3) is 0.733. The molecule has 98 valence electrons. The topological polar surface area (TPSA) is 43.4 Å². The van der Waals surface area contributed by atoms with Crippen LogP contribution in [0.3, 0.4) is 0 Å². The highest BCUT2D eigenvalue weighted by molar-refractivity contribution is 5.93. The first-order valence-electron chi connectivity index (χ1n) is 7.08. The standard InChI is InChI=1S/C15H20O3/c1-2-18-14(17)12-9-15-6-4-3-5-11(15)7-10(12)8-13(15)16/h7,10,12H,2-6,8-9H2,1H3. The molecule has 0 aromatic carbocycles. The summed E-state index contributed by atoms with van der Waals surface area (Å²) in [6, 6.07) is 0. The molecule has 2 fully saturated rings. The Kier molecular flexibility index (Phi) is 2.80. The molecule has 0 aromatic heterocycles. The van der Waals surface area contributed by atoms with E-state index in [-0.39, 0.29) is 23.2 Å². The van der Waals surface area contributed by atoms with Crippen molar-refractivity contribution < 1.29 is 14.3 Å². The molecule has 0 aromatic rings. The minimum Gasteiger partial charge on any atom is -0.466 e. The Bertz CT molecular complexity index is 423. The van der Waals surface area contributed by atoms with Crippen molar-refractivity contribution in [3.63, 3.8) is 0 Å². The number of hydrogen-bond donors (Lipinski definition) is 0. The van der Waals surface area contributed by atoms with Crippen LogP contribution < -0.4 is 0 Å². The van der Waals surface area contributed by atoms with E-state index in [2.05, 4.69) is 6.08 Å². The SMILES string of the molecule is CCOC(=O)C1CC23CCCCC2=CC1CC3=O. The molecule has 0 radical (unpaired) electrons. The van der Waals surface area contributed by atoms with Crippen LogP contribution in [-0.4, -0.2) is 18.4 Å². The first kappa shape index (κ1) is 11.9. The molecule has 4 aliphatic carbocycles. The maximum Gasteiger partial charge on any atom is 0.309 e. The van der Waals surface area contributed by atoms with Crippen LogP contribution in [0.5, 0.6) is 0 Å². The summed E-state index contributed by atoms with van der Waals surface area (Å²) in [7, 11) is 0. The zero-order valence-electron chi connectivity index (χ0n) is 10.9. The quantitative estimate of drug-likeness (QED) is 0.557. The van der Waals surface area contributed by atoms with Crippen LogP contribution in [0.1, 0.15) is 45.4 Å². The van der Waals surface area contributed by atoms with Crippen molar-refractivity contribution in [2.75, 3.05) is 6.61 Å². The van der Waals surface area contributed by atoms with Crippen molar-refractivity contribution in [3.8, 4) is 0 Å². The molecule has 4 aliphatic rings. The van der Waals surface area contributed by atoms with Gasteiger partial charge in [0, 0.05) is 6.42 Å². The van der Waals surface area contributed by atoms with Gasteiger partial charge in [0.15, 0.2) is 0 Å². The summed E-state index contributed by atoms with van der Waals surface area (Å²) in [6.45, 7) is 2.27. The smallest absolute Gasteiger partial charge is 0.309 e. The molecule has 0 N–H and O–H groups in total. The molecule has 0 amide bonds. The van der Waals surface area contributed by atoms with Crippen molar-refractivity contribution in [2.45, 2.75) is 45.4 Å². The van der Waals surface area contributed by atoms with E-state index in [0.717, 1.165) is 19.3 Å². The number of ketones is 1. The molecule has 2 bridgehead atoms. The van der Waals surface area contributed by atoms with E-state index >= 15 is 0 Å². The molecule has 3 unspecified atom stereocenters. The van der Waals surface area contributed by atoms with Gasteiger partial charge in [-0.05, 0) is 38.5 Å². The zero-order valence-corrected chi connectivity index (χ0v) is 10.9. The lowest BCUT2D eigenvalue weighted by Gasteiger charge is -2.50. The van der Waals surface area contributed by atoms with Gasteiger partial charge in [-0.3, -0.25) is 9.59 Å². The summed E-state index contributed by atoms with van der Waals surface area (Å²) < 4.78 is 5.17. The fourth-order valence-electron chi connectivity index (χ4n) is 4.07. The number of carbonyl (C=O) groups is 2. The summed E-state index contributed by atoms with van der Waals surface area (Å²) in [4.78, 5) is 24.3. The number of Topliss-reactive ketones (excluding diaryl/α,β-unsaturated/α-hetero) is 1. The van der Waals surface area contributed by atoms with Gasteiger partial charge in [0.2, 0.25) is 0 Å². The van der Waals surface area contributed by atoms with Crippen LogP contribution in [0, 0.1) is 17.3 Å². The Morgan fingerprint density at radius 1 is 1.50 bits per heavy atom. The minimum atomic E-state index is -0.287. The first-order valence-corrected chi connectivity index (χ1v) is 7.08. The Morgan fingerprint density at radius 3 is 3.11 bits per heavy atom. The highest BCUT2D eigenvalue weighted by Gasteiger charge is 2.55. The highest BCUT2D eigenvalue weighted by Crippen LogP contribution is 2.56. The largest absolute Gasteiger partial charge is 0.466 e. The fourth-order valence-corrected chi connectivity index (χ4v) is 4.07. The Hall–Kier alpha value is -1.12. The van der Waals surface area contributed by atoms with Crippen LogP contribution in [-0.2, 0) is 14.3 Å². The predicted octanol–water partition coefficient (Wildman–Crippen LogP) is 2.65. The Balaban J connectivity index is 1.92. The summed E-state index contributed by atoms with van der Waals surface area (Å²) in [5, 5.41) is 0. The van der Waals surface area contributed by atoms with Gasteiger partial charge in [0.1, 0.15) is 5.78 Å². The lowest BCUT2D eigenvalue weighted by molar-refractivity contribution is -0.155. The Labute approximate surface area is 108 Å². The molecule has 0 aliphatic heterocycles. The summed E-state index contributed by atoms with van der Waals surface area (Å²) in [5.41, 5.74) is 1.04. The van der Waals surface area contributed by atoms with Crippen LogP contribution >= 0.6 is 0 Å². The van der Waals surface area contributed by atoms with E-state index < -0.39 is 0 Å². The van der Waals surface area contributed by atoms with E-state index in [9.17, 15) is 9.59 Å². The van der Waals surface area contributed by atoms with E-state index in [1.165, 1.54) is 12.0 Å². The maximum atomic E-state index is 12.3. The molecule has 3 nitrogen and oxygen atoms in total. The van der Waals surface area contributed by atoms with Crippen LogP contribution in [0.4, 0.5) is 0 Å². The molecule has 1 spiro atoms. The van der Waals surface area contributed by atoms with Crippen LogP contribution in [0.2, 0.25) is 0 Å².